The molecule has 14 heavy (non-hydrogen) atoms. The van der Waals surface area contributed by atoms with Crippen molar-refractivity contribution in [3.05, 3.63) is 0 Å². The molecule has 0 aliphatic carbocycles. The van der Waals surface area contributed by atoms with Gasteiger partial charge in [0, 0.05) is 0 Å². The molecular formula is C12H26N2. The molecule has 0 amide bonds. The summed E-state index contributed by atoms with van der Waals surface area (Å²) < 4.78 is 0. The molecule has 1 saturated heterocycles. The van der Waals surface area contributed by atoms with Crippen LogP contribution in [0.1, 0.15) is 32.6 Å². The predicted octanol–water partition coefficient (Wildman–Crippen LogP) is 2.06. The van der Waals surface area contributed by atoms with Crippen molar-refractivity contribution in [2.24, 2.45) is 5.92 Å². The molecule has 2 nitrogen and oxygen atoms in total. The van der Waals surface area contributed by atoms with Crippen LogP contribution in [0.15, 0.2) is 0 Å². The highest BCUT2D eigenvalue weighted by Crippen LogP contribution is 2.19. The van der Waals surface area contributed by atoms with Gasteiger partial charge in [0.2, 0.25) is 0 Å². The zero-order valence-electron chi connectivity index (χ0n) is 10.1. The quantitative estimate of drug-likeness (QED) is 0.667. The van der Waals surface area contributed by atoms with Crippen molar-refractivity contribution in [2.45, 2.75) is 32.6 Å². The summed E-state index contributed by atoms with van der Waals surface area (Å²) in [6, 6.07) is 0. The Kier molecular flexibility index (Phi) is 5.49. The van der Waals surface area contributed by atoms with Gasteiger partial charge in [0.25, 0.3) is 0 Å². The van der Waals surface area contributed by atoms with Gasteiger partial charge in [-0.05, 0) is 65.5 Å². The van der Waals surface area contributed by atoms with E-state index in [1.807, 2.05) is 0 Å². The average molecular weight is 198 g/mol. The van der Waals surface area contributed by atoms with Crippen LogP contribution in [-0.4, -0.2) is 50.1 Å². The Balaban J connectivity index is 2.04. The van der Waals surface area contributed by atoms with Gasteiger partial charge in [0.1, 0.15) is 0 Å². The van der Waals surface area contributed by atoms with Gasteiger partial charge in [-0.15, -0.1) is 0 Å². The molecule has 0 bridgehead atoms. The van der Waals surface area contributed by atoms with Gasteiger partial charge in [-0.3, -0.25) is 0 Å². The molecule has 0 aromatic heterocycles. The molecule has 0 saturated carbocycles. The van der Waals surface area contributed by atoms with Crippen molar-refractivity contribution in [2.75, 3.05) is 40.3 Å². The first-order chi connectivity index (χ1) is 6.72. The van der Waals surface area contributed by atoms with Crippen LogP contribution in [-0.2, 0) is 0 Å². The second-order valence-corrected chi connectivity index (χ2v) is 4.85. The molecule has 0 unspecified atom stereocenters. The maximum atomic E-state index is 2.63. The Labute approximate surface area is 89.3 Å². The molecule has 1 heterocycles. The fourth-order valence-electron chi connectivity index (χ4n) is 2.23. The molecule has 0 spiro atoms. The van der Waals surface area contributed by atoms with Gasteiger partial charge in [0.05, 0.1) is 0 Å². The molecule has 1 fully saturated rings. The van der Waals surface area contributed by atoms with E-state index in [4.69, 9.17) is 0 Å². The maximum absolute atomic E-state index is 2.63. The van der Waals surface area contributed by atoms with E-state index in [1.165, 1.54) is 51.9 Å². The minimum Gasteiger partial charge on any atom is -0.309 e. The van der Waals surface area contributed by atoms with Gasteiger partial charge in [-0.25, -0.2) is 0 Å². The van der Waals surface area contributed by atoms with E-state index in [-0.39, 0.29) is 0 Å². The van der Waals surface area contributed by atoms with E-state index in [9.17, 15) is 0 Å². The van der Waals surface area contributed by atoms with Crippen LogP contribution in [0, 0.1) is 5.92 Å². The number of rotatable bonds is 5. The highest BCUT2D eigenvalue weighted by Gasteiger charge is 2.16. The van der Waals surface area contributed by atoms with Crippen molar-refractivity contribution in [1.29, 1.82) is 0 Å². The van der Waals surface area contributed by atoms with Crippen molar-refractivity contribution >= 4 is 0 Å². The van der Waals surface area contributed by atoms with Crippen LogP contribution in [0.5, 0.6) is 0 Å². The third kappa shape index (κ3) is 4.43. The van der Waals surface area contributed by atoms with Crippen molar-refractivity contribution in [1.82, 2.24) is 9.80 Å². The van der Waals surface area contributed by atoms with Gasteiger partial charge in [-0.2, -0.15) is 0 Å². The highest BCUT2D eigenvalue weighted by molar-refractivity contribution is 4.71. The van der Waals surface area contributed by atoms with Crippen molar-refractivity contribution in [3.8, 4) is 0 Å². The first kappa shape index (κ1) is 12.0. The Morgan fingerprint density at radius 3 is 2.36 bits per heavy atom. The second-order valence-electron chi connectivity index (χ2n) is 4.85. The first-order valence-corrected chi connectivity index (χ1v) is 6.09. The van der Waals surface area contributed by atoms with Crippen molar-refractivity contribution < 1.29 is 0 Å². The summed E-state index contributed by atoms with van der Waals surface area (Å²) in [5.74, 6) is 1.01. The molecule has 2 heteroatoms. The SMILES string of the molecule is CCC1CCN(CCCN(C)C)CC1. The third-order valence-corrected chi connectivity index (χ3v) is 3.36. The van der Waals surface area contributed by atoms with E-state index in [0.717, 1.165) is 5.92 Å². The Hall–Kier alpha value is -0.0800. The molecule has 0 atom stereocenters. The summed E-state index contributed by atoms with van der Waals surface area (Å²) in [4.78, 5) is 4.91. The fraction of sp³-hybridized carbons (Fsp3) is 1.00. The zero-order chi connectivity index (χ0) is 10.4. The number of hydrogen-bond donors (Lipinski definition) is 0. The van der Waals surface area contributed by atoms with Crippen LogP contribution >= 0.6 is 0 Å². The molecular weight excluding hydrogens is 172 g/mol. The van der Waals surface area contributed by atoms with E-state index in [1.54, 1.807) is 0 Å². The number of nitrogens with zero attached hydrogens (tertiary/aromatic N) is 2. The third-order valence-electron chi connectivity index (χ3n) is 3.36. The van der Waals surface area contributed by atoms with Crippen LogP contribution in [0.2, 0.25) is 0 Å². The smallest absolute Gasteiger partial charge is 0.000655 e. The zero-order valence-corrected chi connectivity index (χ0v) is 10.1. The first-order valence-electron chi connectivity index (χ1n) is 6.09. The summed E-state index contributed by atoms with van der Waals surface area (Å²) >= 11 is 0. The summed E-state index contributed by atoms with van der Waals surface area (Å²) in [5.41, 5.74) is 0. The highest BCUT2D eigenvalue weighted by atomic mass is 15.1. The summed E-state index contributed by atoms with van der Waals surface area (Å²) in [6.45, 7) is 7.53. The Morgan fingerprint density at radius 1 is 1.21 bits per heavy atom. The normalized spacial score (nSPS) is 20.6. The molecule has 0 aromatic carbocycles. The molecule has 0 aromatic rings. The number of piperidine rings is 1. The van der Waals surface area contributed by atoms with Crippen LogP contribution in [0.25, 0.3) is 0 Å². The lowest BCUT2D eigenvalue weighted by atomic mass is 9.94. The largest absolute Gasteiger partial charge is 0.309 e. The molecule has 1 aliphatic heterocycles. The van der Waals surface area contributed by atoms with E-state index in [0.29, 0.717) is 0 Å². The maximum Gasteiger partial charge on any atom is -0.000655 e. The minimum atomic E-state index is 1.01. The van der Waals surface area contributed by atoms with E-state index in [2.05, 4.69) is 30.8 Å². The van der Waals surface area contributed by atoms with Crippen LogP contribution in [0.3, 0.4) is 0 Å². The van der Waals surface area contributed by atoms with Crippen molar-refractivity contribution in [3.63, 3.8) is 0 Å². The van der Waals surface area contributed by atoms with Gasteiger partial charge in [0.15, 0.2) is 0 Å². The molecule has 0 N–H and O–H groups in total. The Bertz CT molecular complexity index is 137. The van der Waals surface area contributed by atoms with Crippen LogP contribution < -0.4 is 0 Å². The fourth-order valence-corrected chi connectivity index (χ4v) is 2.23. The van der Waals surface area contributed by atoms with Gasteiger partial charge >= 0.3 is 0 Å². The van der Waals surface area contributed by atoms with Gasteiger partial charge in [-0.1, -0.05) is 13.3 Å². The lowest BCUT2D eigenvalue weighted by molar-refractivity contribution is 0.175. The minimum absolute atomic E-state index is 1.01. The standard InChI is InChI=1S/C12H26N2/c1-4-12-6-10-14(11-7-12)9-5-8-13(2)3/h12H,4-11H2,1-3H3. The predicted molar refractivity (Wildman–Crippen MR) is 62.6 cm³/mol. The lowest BCUT2D eigenvalue weighted by Gasteiger charge is -2.31. The lowest BCUT2D eigenvalue weighted by Crippen LogP contribution is -2.35. The van der Waals surface area contributed by atoms with Gasteiger partial charge < -0.3 is 9.80 Å². The monoisotopic (exact) mass is 198 g/mol. The molecule has 1 rings (SSSR count). The molecule has 84 valence electrons. The molecule has 1 aliphatic rings. The summed E-state index contributed by atoms with van der Waals surface area (Å²) in [6.07, 6.45) is 5.56. The summed E-state index contributed by atoms with van der Waals surface area (Å²) in [7, 11) is 4.31. The second kappa shape index (κ2) is 6.41. The topological polar surface area (TPSA) is 6.48 Å². The van der Waals surface area contributed by atoms with Crippen LogP contribution in [0.4, 0.5) is 0 Å². The van der Waals surface area contributed by atoms with E-state index < -0.39 is 0 Å². The summed E-state index contributed by atoms with van der Waals surface area (Å²) in [5, 5.41) is 0. The average Bonchev–Trinajstić information content (AvgIpc) is 2.18. The Morgan fingerprint density at radius 2 is 1.86 bits per heavy atom. The number of likely N-dealkylation sites (tertiary alicyclic amines) is 1. The van der Waals surface area contributed by atoms with E-state index >= 15 is 0 Å². The number of hydrogen-bond acceptors (Lipinski definition) is 2. The molecule has 0 radical (unpaired) electrons.